The molecule has 4 rings (SSSR count). The summed E-state index contributed by atoms with van der Waals surface area (Å²) in [6, 6.07) is 17.0. The zero-order valence-electron chi connectivity index (χ0n) is 19.6. The van der Waals surface area contributed by atoms with E-state index in [-0.39, 0.29) is 6.09 Å². The van der Waals surface area contributed by atoms with E-state index in [9.17, 15) is 4.79 Å². The number of piperidine rings is 1. The van der Waals surface area contributed by atoms with E-state index in [0.29, 0.717) is 12.5 Å². The van der Waals surface area contributed by atoms with Gasteiger partial charge in [-0.15, -0.1) is 0 Å². The van der Waals surface area contributed by atoms with E-state index >= 15 is 0 Å². The number of aryl methyl sites for hydroxylation is 1. The lowest BCUT2D eigenvalue weighted by Crippen LogP contribution is -2.43. The molecule has 0 saturated carbocycles. The number of nitrogens with zero attached hydrogens (tertiary/aromatic N) is 3. The monoisotopic (exact) mass is 434 g/mol. The summed E-state index contributed by atoms with van der Waals surface area (Å²) in [7, 11) is 0. The van der Waals surface area contributed by atoms with Crippen molar-refractivity contribution < 1.29 is 9.53 Å². The molecular formula is C26H34N4O2. The number of anilines is 1. The highest BCUT2D eigenvalue weighted by molar-refractivity contribution is 5.79. The Morgan fingerprint density at radius 2 is 1.91 bits per heavy atom. The molecule has 0 aliphatic carbocycles. The summed E-state index contributed by atoms with van der Waals surface area (Å²) in [5.41, 5.74) is 4.21. The first-order valence-corrected chi connectivity index (χ1v) is 11.5. The molecule has 0 unspecified atom stereocenters. The molecular weight excluding hydrogens is 400 g/mol. The van der Waals surface area contributed by atoms with Gasteiger partial charge in [-0.05, 0) is 64.2 Å². The Morgan fingerprint density at radius 1 is 1.16 bits per heavy atom. The number of ether oxygens (including phenoxy) is 1. The molecule has 1 saturated heterocycles. The van der Waals surface area contributed by atoms with Gasteiger partial charge in [-0.2, -0.15) is 0 Å². The van der Waals surface area contributed by atoms with Crippen LogP contribution in [0.5, 0.6) is 0 Å². The van der Waals surface area contributed by atoms with E-state index in [1.165, 1.54) is 11.1 Å². The molecule has 1 fully saturated rings. The van der Waals surface area contributed by atoms with E-state index < -0.39 is 5.60 Å². The predicted molar refractivity (Wildman–Crippen MR) is 129 cm³/mol. The number of carbonyl (C=O) groups excluding carboxylic acids is 1. The van der Waals surface area contributed by atoms with Crippen LogP contribution in [0.4, 0.5) is 10.7 Å². The van der Waals surface area contributed by atoms with Gasteiger partial charge in [0, 0.05) is 19.6 Å². The van der Waals surface area contributed by atoms with Gasteiger partial charge in [0.2, 0.25) is 5.95 Å². The fourth-order valence-electron chi connectivity index (χ4n) is 4.29. The van der Waals surface area contributed by atoms with Crippen molar-refractivity contribution in [2.75, 3.05) is 24.5 Å². The lowest BCUT2D eigenvalue weighted by molar-refractivity contribution is 0.0517. The number of carbonyl (C=O) groups is 1. The second-order valence-electron chi connectivity index (χ2n) is 9.81. The van der Waals surface area contributed by atoms with Crippen LogP contribution in [0.1, 0.15) is 44.7 Å². The summed E-state index contributed by atoms with van der Waals surface area (Å²) < 4.78 is 7.72. The molecule has 6 nitrogen and oxygen atoms in total. The van der Waals surface area contributed by atoms with Crippen LogP contribution in [-0.2, 0) is 11.3 Å². The summed E-state index contributed by atoms with van der Waals surface area (Å²) in [4.78, 5) is 19.5. The van der Waals surface area contributed by atoms with Gasteiger partial charge in [0.25, 0.3) is 0 Å². The third-order valence-electron chi connectivity index (χ3n) is 5.83. The molecule has 32 heavy (non-hydrogen) atoms. The zero-order valence-corrected chi connectivity index (χ0v) is 19.6. The predicted octanol–water partition coefficient (Wildman–Crippen LogP) is 5.13. The van der Waals surface area contributed by atoms with Crippen molar-refractivity contribution in [3.05, 3.63) is 59.7 Å². The van der Waals surface area contributed by atoms with Crippen molar-refractivity contribution in [3.63, 3.8) is 0 Å². The molecule has 170 valence electrons. The normalized spacial score (nSPS) is 16.9. The number of benzene rings is 2. The maximum absolute atomic E-state index is 12.1. The third kappa shape index (κ3) is 5.42. The molecule has 6 heteroatoms. The molecule has 1 atom stereocenters. The van der Waals surface area contributed by atoms with Gasteiger partial charge in [0.05, 0.1) is 17.6 Å². The van der Waals surface area contributed by atoms with E-state index in [1.807, 2.05) is 26.8 Å². The first kappa shape index (κ1) is 22.2. The average Bonchev–Trinajstić information content (AvgIpc) is 3.11. The number of imidazole rings is 1. The number of amides is 1. The van der Waals surface area contributed by atoms with Crippen molar-refractivity contribution >= 4 is 23.1 Å². The van der Waals surface area contributed by atoms with Gasteiger partial charge in [-0.1, -0.05) is 42.0 Å². The van der Waals surface area contributed by atoms with E-state index in [1.54, 1.807) is 0 Å². The number of nitrogens with one attached hydrogen (secondary N) is 1. The van der Waals surface area contributed by atoms with Gasteiger partial charge in [-0.25, -0.2) is 9.78 Å². The van der Waals surface area contributed by atoms with Gasteiger partial charge < -0.3 is 19.5 Å². The van der Waals surface area contributed by atoms with Crippen LogP contribution in [0.2, 0.25) is 0 Å². The second-order valence-corrected chi connectivity index (χ2v) is 9.81. The van der Waals surface area contributed by atoms with Crippen LogP contribution >= 0.6 is 0 Å². The lowest BCUT2D eigenvalue weighted by Gasteiger charge is -2.34. The van der Waals surface area contributed by atoms with Gasteiger partial charge in [-0.3, -0.25) is 0 Å². The fourth-order valence-corrected chi connectivity index (χ4v) is 4.29. The first-order chi connectivity index (χ1) is 15.3. The number of aromatic nitrogens is 2. The van der Waals surface area contributed by atoms with Crippen molar-refractivity contribution in [1.82, 2.24) is 14.9 Å². The lowest BCUT2D eigenvalue weighted by atomic mass is 9.98. The minimum Gasteiger partial charge on any atom is -0.444 e. The molecule has 0 bridgehead atoms. The Morgan fingerprint density at radius 3 is 2.66 bits per heavy atom. The quantitative estimate of drug-likeness (QED) is 0.604. The van der Waals surface area contributed by atoms with Crippen LogP contribution in [0.3, 0.4) is 0 Å². The van der Waals surface area contributed by atoms with Crippen LogP contribution in [-0.4, -0.2) is 40.9 Å². The highest BCUT2D eigenvalue weighted by Crippen LogP contribution is 2.28. The standard InChI is InChI=1S/C26H34N4O2/c1-19-11-13-20(14-12-19)18-30-23-10-6-5-9-22(23)28-24(30)29-15-7-8-21(17-29)16-27-25(31)32-26(2,3)4/h5-6,9-14,21H,7-8,15-18H2,1-4H3,(H,27,31)/t21-/m1/s1. The Labute approximate surface area is 190 Å². The minimum atomic E-state index is -0.483. The van der Waals surface area contributed by atoms with Gasteiger partial charge >= 0.3 is 6.09 Å². The van der Waals surface area contributed by atoms with Crippen LogP contribution in [0, 0.1) is 12.8 Å². The highest BCUT2D eigenvalue weighted by Gasteiger charge is 2.25. The smallest absolute Gasteiger partial charge is 0.407 e. The topological polar surface area (TPSA) is 59.4 Å². The number of para-hydroxylation sites is 2. The van der Waals surface area contributed by atoms with Crippen molar-refractivity contribution in [2.24, 2.45) is 5.92 Å². The summed E-state index contributed by atoms with van der Waals surface area (Å²) in [6.45, 7) is 11.0. The molecule has 2 aromatic carbocycles. The maximum Gasteiger partial charge on any atom is 0.407 e. The Bertz CT molecular complexity index is 1070. The van der Waals surface area contributed by atoms with Crippen molar-refractivity contribution in [1.29, 1.82) is 0 Å². The highest BCUT2D eigenvalue weighted by atomic mass is 16.6. The number of hydrogen-bond donors (Lipinski definition) is 1. The summed E-state index contributed by atoms with van der Waals surface area (Å²) >= 11 is 0. The second kappa shape index (κ2) is 9.23. The van der Waals surface area contributed by atoms with E-state index in [0.717, 1.165) is 49.5 Å². The molecule has 1 aromatic heterocycles. The molecule has 1 aliphatic rings. The van der Waals surface area contributed by atoms with E-state index in [2.05, 4.69) is 64.2 Å². The summed E-state index contributed by atoms with van der Waals surface area (Å²) in [5, 5.41) is 2.95. The Balaban J connectivity index is 1.52. The molecule has 1 amide bonds. The van der Waals surface area contributed by atoms with Crippen LogP contribution < -0.4 is 10.2 Å². The summed E-state index contributed by atoms with van der Waals surface area (Å²) in [5.74, 6) is 1.37. The maximum atomic E-state index is 12.1. The molecule has 1 aliphatic heterocycles. The average molecular weight is 435 g/mol. The number of hydrogen-bond acceptors (Lipinski definition) is 4. The summed E-state index contributed by atoms with van der Waals surface area (Å²) in [6.07, 6.45) is 1.82. The zero-order chi connectivity index (χ0) is 22.7. The molecule has 0 radical (unpaired) electrons. The van der Waals surface area contributed by atoms with Gasteiger partial charge in [0.15, 0.2) is 0 Å². The van der Waals surface area contributed by atoms with E-state index in [4.69, 9.17) is 9.72 Å². The largest absolute Gasteiger partial charge is 0.444 e. The molecule has 1 N–H and O–H groups in total. The fraction of sp³-hybridized carbons (Fsp3) is 0.462. The number of alkyl carbamates (subject to hydrolysis) is 1. The van der Waals surface area contributed by atoms with Crippen LogP contribution in [0.25, 0.3) is 11.0 Å². The minimum absolute atomic E-state index is 0.346. The van der Waals surface area contributed by atoms with Gasteiger partial charge in [0.1, 0.15) is 5.60 Å². The third-order valence-corrected chi connectivity index (χ3v) is 5.83. The Kier molecular flexibility index (Phi) is 6.40. The molecule has 2 heterocycles. The van der Waals surface area contributed by atoms with Crippen molar-refractivity contribution in [2.45, 2.75) is 52.7 Å². The number of fused-ring (bicyclic) bond motifs is 1. The number of rotatable bonds is 5. The molecule has 0 spiro atoms. The van der Waals surface area contributed by atoms with Crippen molar-refractivity contribution in [3.8, 4) is 0 Å². The van der Waals surface area contributed by atoms with Crippen LogP contribution in [0.15, 0.2) is 48.5 Å². The first-order valence-electron chi connectivity index (χ1n) is 11.5. The SMILES string of the molecule is Cc1ccc(Cn2c(N3CCC[C@H](CNC(=O)OC(C)(C)C)C3)nc3ccccc32)cc1. The Hall–Kier alpha value is -3.02. The molecule has 3 aromatic rings.